The Morgan fingerprint density at radius 1 is 1.10 bits per heavy atom. The maximum absolute atomic E-state index is 13.5. The van der Waals surface area contributed by atoms with Crippen molar-refractivity contribution in [1.29, 1.82) is 0 Å². The summed E-state index contributed by atoms with van der Waals surface area (Å²) in [4.78, 5) is 23.2. The molecule has 1 amide bonds. The van der Waals surface area contributed by atoms with Crippen LogP contribution in [0.3, 0.4) is 0 Å². The minimum atomic E-state index is -1.05. The van der Waals surface area contributed by atoms with Crippen molar-refractivity contribution >= 4 is 11.9 Å². The van der Waals surface area contributed by atoms with Gasteiger partial charge in [0.05, 0.1) is 18.3 Å². The molecule has 30 heavy (non-hydrogen) atoms. The Kier molecular flexibility index (Phi) is 10.2. The molecule has 0 atom stereocenters. The number of carboxylic acid groups (broad SMARTS) is 1. The van der Waals surface area contributed by atoms with Crippen molar-refractivity contribution in [1.82, 2.24) is 5.32 Å². The number of carboxylic acids is 1. The predicted molar refractivity (Wildman–Crippen MR) is 106 cm³/mol. The smallest absolute Gasteiger partial charge is 0.335 e. The minimum Gasteiger partial charge on any atom is -0.489 e. The number of benzene rings is 2. The Morgan fingerprint density at radius 2 is 1.70 bits per heavy atom. The molecule has 0 saturated heterocycles. The van der Waals surface area contributed by atoms with Gasteiger partial charge in [-0.15, -0.1) is 0 Å². The number of carbonyl (C=O) groups excluding carboxylic acids is 1. The fraction of sp³-hybridized carbons (Fsp3) is 0.143. The number of halogens is 3. The Balaban J connectivity index is 0.00000218. The van der Waals surface area contributed by atoms with Crippen molar-refractivity contribution in [2.45, 2.75) is 6.54 Å². The molecule has 0 heterocycles. The molecule has 0 spiro atoms. The average Bonchev–Trinajstić information content (AvgIpc) is 2.77. The maximum Gasteiger partial charge on any atom is 0.335 e. The Morgan fingerprint density at radius 3 is 2.23 bits per heavy atom. The van der Waals surface area contributed by atoms with Gasteiger partial charge in [-0.3, -0.25) is 9.18 Å². The van der Waals surface area contributed by atoms with E-state index >= 15 is 0 Å². The third kappa shape index (κ3) is 8.09. The van der Waals surface area contributed by atoms with Gasteiger partial charge in [-0.05, 0) is 48.0 Å². The largest absolute Gasteiger partial charge is 0.489 e. The zero-order valence-electron chi connectivity index (χ0n) is 16.1. The highest BCUT2D eigenvalue weighted by molar-refractivity contribution is 5.94. The van der Waals surface area contributed by atoms with E-state index in [1.54, 1.807) is 12.1 Å². The fourth-order valence-corrected chi connectivity index (χ4v) is 2.14. The lowest BCUT2D eigenvalue weighted by atomic mass is 10.1. The molecule has 4 N–H and O–H groups in total. The average molecular weight is 422 g/mol. The van der Waals surface area contributed by atoms with E-state index in [4.69, 9.17) is 15.6 Å². The first-order valence-electron chi connectivity index (χ1n) is 8.53. The molecule has 9 heteroatoms. The monoisotopic (exact) mass is 422 g/mol. The number of alkyl halides is 1. The summed E-state index contributed by atoms with van der Waals surface area (Å²) in [5.74, 6) is -2.60. The summed E-state index contributed by atoms with van der Waals surface area (Å²) in [5.41, 5.74) is 5.85. The summed E-state index contributed by atoms with van der Waals surface area (Å²) in [6.45, 7) is -0.169. The minimum absolute atomic E-state index is 0.0364. The molecule has 2 aromatic carbocycles. The first kappa shape index (κ1) is 24.3. The van der Waals surface area contributed by atoms with Crippen LogP contribution in [-0.4, -0.2) is 30.8 Å². The fourth-order valence-electron chi connectivity index (χ4n) is 2.14. The number of nitrogens with one attached hydrogen (secondary N) is 1. The summed E-state index contributed by atoms with van der Waals surface area (Å²) in [7, 11) is 0.500. The number of hydrogen-bond donors (Lipinski definition) is 3. The first-order valence-corrected chi connectivity index (χ1v) is 8.53. The highest BCUT2D eigenvalue weighted by atomic mass is 19.1. The van der Waals surface area contributed by atoms with Gasteiger partial charge in [0.25, 0.3) is 5.91 Å². The standard InChI is InChI=1S/C20H18F2N2O4.CH3F/c21-16-5-7-18(8-6-16)28-12-15(9-17(22)10-23)19(25)24-11-13-1-3-14(4-2-13)20(26)27;1-2/h1-10H,11-12,23H2,(H,24,25)(H,26,27);1H3/b15-9+,17-10+;. The molecule has 0 unspecified atom stereocenters. The van der Waals surface area contributed by atoms with Gasteiger partial charge in [0, 0.05) is 12.7 Å². The van der Waals surface area contributed by atoms with Crippen molar-refractivity contribution < 1.29 is 32.6 Å². The molecular weight excluding hydrogens is 401 g/mol. The molecule has 0 radical (unpaired) electrons. The van der Waals surface area contributed by atoms with Crippen molar-refractivity contribution in [2.75, 3.05) is 13.8 Å². The zero-order chi connectivity index (χ0) is 22.5. The summed E-state index contributed by atoms with van der Waals surface area (Å²) < 4.78 is 41.3. The highest BCUT2D eigenvalue weighted by Crippen LogP contribution is 2.13. The van der Waals surface area contributed by atoms with Gasteiger partial charge >= 0.3 is 5.97 Å². The number of hydrogen-bond acceptors (Lipinski definition) is 4. The van der Waals surface area contributed by atoms with Gasteiger partial charge in [-0.2, -0.15) is 0 Å². The number of aromatic carboxylic acids is 1. The second-order valence-electron chi connectivity index (χ2n) is 5.65. The predicted octanol–water partition coefficient (Wildman–Crippen LogP) is 3.50. The molecule has 160 valence electrons. The van der Waals surface area contributed by atoms with Crippen LogP contribution in [0.4, 0.5) is 13.2 Å². The third-order valence-electron chi connectivity index (χ3n) is 3.62. The van der Waals surface area contributed by atoms with Crippen LogP contribution in [0.5, 0.6) is 5.75 Å². The normalized spacial score (nSPS) is 11.2. The van der Waals surface area contributed by atoms with Gasteiger partial charge in [-0.1, -0.05) is 12.1 Å². The lowest BCUT2D eigenvalue weighted by molar-refractivity contribution is -0.118. The molecule has 0 aromatic heterocycles. The van der Waals surface area contributed by atoms with Gasteiger partial charge in [-0.25, -0.2) is 13.6 Å². The Labute approximate surface area is 171 Å². The lowest BCUT2D eigenvalue weighted by Gasteiger charge is -2.11. The van der Waals surface area contributed by atoms with E-state index in [0.717, 1.165) is 6.08 Å². The summed E-state index contributed by atoms with van der Waals surface area (Å²) in [6.07, 6.45) is 1.64. The molecule has 0 aliphatic carbocycles. The van der Waals surface area contributed by atoms with Crippen LogP contribution in [0.25, 0.3) is 0 Å². The van der Waals surface area contributed by atoms with Gasteiger partial charge in [0.1, 0.15) is 24.0 Å². The van der Waals surface area contributed by atoms with E-state index in [1.807, 2.05) is 0 Å². The van der Waals surface area contributed by atoms with Crippen LogP contribution < -0.4 is 15.8 Å². The summed E-state index contributed by atoms with van der Waals surface area (Å²) in [5, 5.41) is 11.5. The molecule has 0 aliphatic heterocycles. The quantitative estimate of drug-likeness (QED) is 0.447. The molecule has 0 fully saturated rings. The topological polar surface area (TPSA) is 102 Å². The number of allylic oxidation sites excluding steroid dienone is 2. The Bertz CT molecular complexity index is 895. The summed E-state index contributed by atoms with van der Waals surface area (Å²) >= 11 is 0. The van der Waals surface area contributed by atoms with Crippen LogP contribution in [0.1, 0.15) is 15.9 Å². The molecule has 0 bridgehead atoms. The van der Waals surface area contributed by atoms with Gasteiger partial charge in [0.15, 0.2) is 0 Å². The van der Waals surface area contributed by atoms with E-state index in [0.29, 0.717) is 24.7 Å². The van der Waals surface area contributed by atoms with E-state index in [9.17, 15) is 22.8 Å². The number of rotatable bonds is 8. The number of amides is 1. The second-order valence-corrected chi connectivity index (χ2v) is 5.65. The van der Waals surface area contributed by atoms with Crippen LogP contribution >= 0.6 is 0 Å². The van der Waals surface area contributed by atoms with Crippen molar-refractivity contribution in [2.24, 2.45) is 5.73 Å². The molecule has 0 saturated carbocycles. The molecule has 0 aliphatic rings. The van der Waals surface area contributed by atoms with E-state index in [1.165, 1.54) is 36.4 Å². The number of nitrogens with two attached hydrogens (primary N) is 1. The van der Waals surface area contributed by atoms with Crippen LogP contribution in [0.2, 0.25) is 0 Å². The maximum atomic E-state index is 13.5. The zero-order valence-corrected chi connectivity index (χ0v) is 16.1. The second kappa shape index (κ2) is 12.7. The Hall–Kier alpha value is -3.75. The first-order chi connectivity index (χ1) is 14.4. The van der Waals surface area contributed by atoms with E-state index in [-0.39, 0.29) is 24.3 Å². The number of ether oxygens (including phenoxy) is 1. The lowest BCUT2D eigenvalue weighted by Crippen LogP contribution is -2.27. The molecule has 6 nitrogen and oxygen atoms in total. The van der Waals surface area contributed by atoms with Gasteiger partial charge in [0.2, 0.25) is 0 Å². The van der Waals surface area contributed by atoms with Crippen molar-refractivity contribution in [3.63, 3.8) is 0 Å². The third-order valence-corrected chi connectivity index (χ3v) is 3.62. The molecule has 2 rings (SSSR count). The highest BCUT2D eigenvalue weighted by Gasteiger charge is 2.12. The molecular formula is C21H21F3N2O4. The van der Waals surface area contributed by atoms with E-state index < -0.39 is 23.5 Å². The van der Waals surface area contributed by atoms with Crippen LogP contribution in [0, 0.1) is 5.82 Å². The van der Waals surface area contributed by atoms with Crippen molar-refractivity contribution in [3.05, 3.63) is 89.2 Å². The summed E-state index contributed by atoms with van der Waals surface area (Å²) in [6, 6.07) is 11.1. The van der Waals surface area contributed by atoms with Crippen LogP contribution in [0.15, 0.2) is 72.2 Å². The van der Waals surface area contributed by atoms with E-state index in [2.05, 4.69) is 5.32 Å². The van der Waals surface area contributed by atoms with Crippen LogP contribution in [-0.2, 0) is 11.3 Å². The molecule has 2 aromatic rings. The van der Waals surface area contributed by atoms with Gasteiger partial charge < -0.3 is 20.9 Å². The SMILES string of the molecule is CF.N/C=C(F)\C=C(/COc1ccc(F)cc1)C(=O)NCc1ccc(C(=O)O)cc1. The van der Waals surface area contributed by atoms with Crippen molar-refractivity contribution in [3.8, 4) is 5.75 Å². The number of carbonyl (C=O) groups is 2.